The van der Waals surface area contributed by atoms with E-state index in [0.717, 1.165) is 5.56 Å². The molecule has 1 atom stereocenters. The minimum atomic E-state index is -0.616. The topological polar surface area (TPSA) is 55.4 Å². The molecule has 0 bridgehead atoms. The summed E-state index contributed by atoms with van der Waals surface area (Å²) in [6.07, 6.45) is 0.608. The Balaban J connectivity index is 3.02. The van der Waals surface area contributed by atoms with E-state index in [-0.39, 0.29) is 0 Å². The van der Waals surface area contributed by atoms with Crippen molar-refractivity contribution in [2.45, 2.75) is 25.3 Å². The minimum Gasteiger partial charge on any atom is -0.468 e. The lowest BCUT2D eigenvalue weighted by atomic mass is 9.75. The second-order valence-corrected chi connectivity index (χ2v) is 4.51. The van der Waals surface area contributed by atoms with Crippen molar-refractivity contribution < 1.29 is 14.3 Å². The molecule has 1 radical (unpaired) electrons. The summed E-state index contributed by atoms with van der Waals surface area (Å²) in [4.78, 5) is 22.2. The van der Waals surface area contributed by atoms with E-state index >= 15 is 0 Å². The molecule has 0 saturated heterocycles. The van der Waals surface area contributed by atoms with E-state index in [1.165, 1.54) is 14.5 Å². The SMILES string of the molecule is COC(=O)[C@@H](N[B]C=O)C(C)(C)c1ccccc1. The summed E-state index contributed by atoms with van der Waals surface area (Å²) in [7, 11) is 2.55. The molecule has 1 N–H and O–H groups in total. The second kappa shape index (κ2) is 6.35. The molecule has 1 rings (SSSR count). The van der Waals surface area contributed by atoms with Gasteiger partial charge in [0, 0.05) is 5.41 Å². The second-order valence-electron chi connectivity index (χ2n) is 4.51. The summed E-state index contributed by atoms with van der Waals surface area (Å²) in [5.41, 5.74) is 0.501. The van der Waals surface area contributed by atoms with Crippen LogP contribution in [0.15, 0.2) is 30.3 Å². The molecule has 1 aromatic carbocycles. The summed E-state index contributed by atoms with van der Waals surface area (Å²) >= 11 is 0. The fraction of sp³-hybridized carbons (Fsp3) is 0.385. The third-order valence-electron chi connectivity index (χ3n) is 3.01. The number of nitrogens with one attached hydrogen (secondary N) is 1. The summed E-state index contributed by atoms with van der Waals surface area (Å²) < 4.78 is 4.78. The lowest BCUT2D eigenvalue weighted by molar-refractivity contribution is -0.144. The quantitative estimate of drug-likeness (QED) is 0.460. The van der Waals surface area contributed by atoms with Crippen LogP contribution in [0.4, 0.5) is 0 Å². The van der Waals surface area contributed by atoms with Crippen molar-refractivity contribution in [3.63, 3.8) is 0 Å². The van der Waals surface area contributed by atoms with E-state index in [2.05, 4.69) is 5.23 Å². The molecule has 0 aliphatic rings. The average molecular weight is 246 g/mol. The first kappa shape index (κ1) is 14.4. The Morgan fingerprint density at radius 2 is 2.00 bits per heavy atom. The Kier molecular flexibility index (Phi) is 5.10. The third kappa shape index (κ3) is 3.20. The van der Waals surface area contributed by atoms with Crippen LogP contribution in [-0.2, 0) is 19.7 Å². The summed E-state index contributed by atoms with van der Waals surface area (Å²) in [5.74, 6) is -0.401. The number of hydrogen-bond donors (Lipinski definition) is 1. The number of carbonyl (C=O) groups is 2. The van der Waals surface area contributed by atoms with Crippen molar-refractivity contribution in [3.8, 4) is 0 Å². The van der Waals surface area contributed by atoms with E-state index in [1.54, 1.807) is 0 Å². The molecule has 0 heterocycles. The monoisotopic (exact) mass is 246 g/mol. The van der Waals surface area contributed by atoms with Gasteiger partial charge in [0.2, 0.25) is 0 Å². The predicted octanol–water partition coefficient (Wildman–Crippen LogP) is 0.905. The van der Waals surface area contributed by atoms with E-state index in [1.807, 2.05) is 44.2 Å². The highest BCUT2D eigenvalue weighted by Gasteiger charge is 2.36. The molecule has 0 spiro atoms. The highest BCUT2D eigenvalue weighted by Crippen LogP contribution is 2.27. The molecule has 4 nitrogen and oxygen atoms in total. The molecule has 5 heteroatoms. The molecule has 0 fully saturated rings. The molecule has 0 unspecified atom stereocenters. The van der Waals surface area contributed by atoms with Crippen LogP contribution >= 0.6 is 0 Å². The number of benzene rings is 1. The maximum Gasteiger partial charge on any atom is 0.322 e. The Labute approximate surface area is 108 Å². The van der Waals surface area contributed by atoms with Gasteiger partial charge in [0.25, 0.3) is 7.41 Å². The first-order valence-electron chi connectivity index (χ1n) is 5.70. The van der Waals surface area contributed by atoms with Crippen molar-refractivity contribution in [1.82, 2.24) is 5.23 Å². The Morgan fingerprint density at radius 3 is 2.50 bits per heavy atom. The van der Waals surface area contributed by atoms with Gasteiger partial charge in [0.1, 0.15) is 6.04 Å². The number of rotatable bonds is 6. The Bertz CT molecular complexity index is 406. The van der Waals surface area contributed by atoms with E-state index in [9.17, 15) is 9.59 Å². The van der Waals surface area contributed by atoms with Crippen molar-refractivity contribution in [1.29, 1.82) is 0 Å². The first-order valence-corrected chi connectivity index (χ1v) is 5.70. The highest BCUT2D eigenvalue weighted by atomic mass is 16.5. The maximum absolute atomic E-state index is 11.8. The van der Waals surface area contributed by atoms with Crippen LogP contribution in [0.5, 0.6) is 0 Å². The lowest BCUT2D eigenvalue weighted by Gasteiger charge is -2.33. The molecule has 18 heavy (non-hydrogen) atoms. The van der Waals surface area contributed by atoms with Gasteiger partial charge < -0.3 is 14.8 Å². The summed E-state index contributed by atoms with van der Waals surface area (Å²) in [5, 5.41) is 2.79. The number of esters is 1. The van der Waals surface area contributed by atoms with E-state index in [0.29, 0.717) is 6.19 Å². The smallest absolute Gasteiger partial charge is 0.322 e. The van der Waals surface area contributed by atoms with Crippen LogP contribution in [0.3, 0.4) is 0 Å². The van der Waals surface area contributed by atoms with Gasteiger partial charge in [-0.1, -0.05) is 44.2 Å². The molecule has 0 saturated carbocycles. The van der Waals surface area contributed by atoms with Gasteiger partial charge in [-0.25, -0.2) is 0 Å². The Morgan fingerprint density at radius 1 is 1.39 bits per heavy atom. The average Bonchev–Trinajstić information content (AvgIpc) is 2.39. The standard InChI is InChI=1S/C13H17BNO3/c1-13(2,10-7-5-4-6-8-10)11(12(17)18-3)15-14-9-16/h4-9,11,15H,1-3H3/t11-/m1/s1. The number of methoxy groups -OCH3 is 1. The molecule has 0 amide bonds. The van der Waals surface area contributed by atoms with Crippen molar-refractivity contribution in [2.24, 2.45) is 0 Å². The van der Waals surface area contributed by atoms with E-state index < -0.39 is 17.4 Å². The number of carbonyl (C=O) groups excluding carboxylic acids is 2. The summed E-state index contributed by atoms with van der Waals surface area (Å²) in [6.45, 7) is 3.85. The van der Waals surface area contributed by atoms with Gasteiger partial charge >= 0.3 is 5.97 Å². The van der Waals surface area contributed by atoms with E-state index in [4.69, 9.17) is 4.74 Å². The number of ether oxygens (including phenoxy) is 1. The van der Waals surface area contributed by atoms with Gasteiger partial charge in [-0.15, -0.1) is 0 Å². The molecule has 95 valence electrons. The zero-order valence-electron chi connectivity index (χ0n) is 10.8. The van der Waals surface area contributed by atoms with Gasteiger partial charge in [-0.3, -0.25) is 4.79 Å². The van der Waals surface area contributed by atoms with Crippen LogP contribution < -0.4 is 5.23 Å². The van der Waals surface area contributed by atoms with Crippen LogP contribution in [-0.4, -0.2) is 32.7 Å². The Hall–Kier alpha value is -1.62. The fourth-order valence-corrected chi connectivity index (χ4v) is 1.86. The van der Waals surface area contributed by atoms with Gasteiger partial charge in [-0.05, 0) is 5.56 Å². The normalized spacial score (nSPS) is 12.6. The molecule has 1 aromatic rings. The molecule has 0 aliphatic carbocycles. The van der Waals surface area contributed by atoms with Crippen LogP contribution in [0, 0.1) is 0 Å². The summed E-state index contributed by atoms with van der Waals surface area (Å²) in [6, 6.07) is 9.01. The predicted molar refractivity (Wildman–Crippen MR) is 70.9 cm³/mol. The molecular formula is C13H17BNO3. The van der Waals surface area contributed by atoms with Gasteiger partial charge in [-0.2, -0.15) is 0 Å². The molecule has 0 aromatic heterocycles. The van der Waals surface area contributed by atoms with Crippen molar-refractivity contribution >= 4 is 19.6 Å². The zero-order valence-corrected chi connectivity index (χ0v) is 10.8. The third-order valence-corrected chi connectivity index (χ3v) is 3.01. The highest BCUT2D eigenvalue weighted by molar-refractivity contribution is 6.64. The number of hydrogen-bond acceptors (Lipinski definition) is 4. The maximum atomic E-state index is 11.8. The first-order chi connectivity index (χ1) is 8.54. The van der Waals surface area contributed by atoms with Gasteiger partial charge in [0.15, 0.2) is 0 Å². The van der Waals surface area contributed by atoms with Crippen LogP contribution in [0.1, 0.15) is 19.4 Å². The fourth-order valence-electron chi connectivity index (χ4n) is 1.86. The van der Waals surface area contributed by atoms with Crippen molar-refractivity contribution in [2.75, 3.05) is 7.11 Å². The lowest BCUT2D eigenvalue weighted by Crippen LogP contribution is -2.52. The van der Waals surface area contributed by atoms with Crippen LogP contribution in [0.2, 0.25) is 0 Å². The largest absolute Gasteiger partial charge is 0.468 e. The van der Waals surface area contributed by atoms with Gasteiger partial charge in [0.05, 0.1) is 13.3 Å². The van der Waals surface area contributed by atoms with Crippen LogP contribution in [0.25, 0.3) is 0 Å². The zero-order chi connectivity index (χ0) is 13.6. The molecular weight excluding hydrogens is 229 g/mol. The minimum absolute atomic E-state index is 0.401. The molecule has 0 aliphatic heterocycles. The van der Waals surface area contributed by atoms with Crippen molar-refractivity contribution in [3.05, 3.63) is 35.9 Å².